The minimum atomic E-state index is -0.0699. The molecule has 2 aromatic heterocycles. The summed E-state index contributed by atoms with van der Waals surface area (Å²) in [4.78, 5) is 16.0. The van der Waals surface area contributed by atoms with E-state index in [9.17, 15) is 4.79 Å². The summed E-state index contributed by atoms with van der Waals surface area (Å²) in [5.41, 5.74) is 1.92. The molecule has 124 valence electrons. The number of nitrogens with one attached hydrogen (secondary N) is 1. The smallest absolute Gasteiger partial charge is 0.239 e. The molecule has 0 radical (unpaired) electrons. The normalized spacial score (nSPS) is 10.6. The molecule has 0 fully saturated rings. The molecule has 0 atom stereocenters. The molecule has 0 saturated heterocycles. The minimum Gasteiger partial charge on any atom is -0.496 e. The molecule has 2 heterocycles. The van der Waals surface area contributed by atoms with E-state index in [0.29, 0.717) is 6.54 Å². The first-order chi connectivity index (χ1) is 11.7. The van der Waals surface area contributed by atoms with Crippen molar-refractivity contribution in [3.05, 3.63) is 54.6 Å². The van der Waals surface area contributed by atoms with Crippen LogP contribution in [-0.4, -0.2) is 39.4 Å². The Morgan fingerprint density at radius 2 is 2.17 bits per heavy atom. The molecule has 0 unspecified atom stereocenters. The SMILES string of the molecule is CNC(=O)Cn1ccnc1-c1ccc(OC)c(Cn2cccn2)c1. The predicted molar refractivity (Wildman–Crippen MR) is 89.6 cm³/mol. The van der Waals surface area contributed by atoms with Gasteiger partial charge in [0.25, 0.3) is 0 Å². The van der Waals surface area contributed by atoms with Crippen molar-refractivity contribution in [2.45, 2.75) is 13.1 Å². The summed E-state index contributed by atoms with van der Waals surface area (Å²) in [6.07, 6.45) is 7.13. The van der Waals surface area contributed by atoms with Crippen molar-refractivity contribution in [3.8, 4) is 17.1 Å². The van der Waals surface area contributed by atoms with Crippen LogP contribution in [0.4, 0.5) is 0 Å². The predicted octanol–water partition coefficient (Wildman–Crippen LogP) is 1.55. The number of carbonyl (C=O) groups excluding carboxylic acids is 1. The highest BCUT2D eigenvalue weighted by Crippen LogP contribution is 2.26. The van der Waals surface area contributed by atoms with Gasteiger partial charge >= 0.3 is 0 Å². The molecular weight excluding hydrogens is 306 g/mol. The monoisotopic (exact) mass is 325 g/mol. The molecule has 0 aliphatic carbocycles. The van der Waals surface area contributed by atoms with Crippen molar-refractivity contribution in [1.82, 2.24) is 24.6 Å². The molecule has 1 aromatic carbocycles. The van der Waals surface area contributed by atoms with E-state index in [2.05, 4.69) is 15.4 Å². The number of benzene rings is 1. The van der Waals surface area contributed by atoms with Gasteiger partial charge in [0, 0.05) is 43.0 Å². The van der Waals surface area contributed by atoms with E-state index < -0.39 is 0 Å². The molecule has 0 saturated carbocycles. The summed E-state index contributed by atoms with van der Waals surface area (Å²) in [5.74, 6) is 1.46. The maximum absolute atomic E-state index is 11.7. The molecule has 1 N–H and O–H groups in total. The van der Waals surface area contributed by atoms with Gasteiger partial charge < -0.3 is 14.6 Å². The van der Waals surface area contributed by atoms with Gasteiger partial charge in [0.05, 0.1) is 13.7 Å². The summed E-state index contributed by atoms with van der Waals surface area (Å²) in [6.45, 7) is 0.826. The van der Waals surface area contributed by atoms with Crippen LogP contribution < -0.4 is 10.1 Å². The Morgan fingerprint density at radius 1 is 1.29 bits per heavy atom. The molecule has 7 nitrogen and oxygen atoms in total. The van der Waals surface area contributed by atoms with Crippen LogP contribution in [0.2, 0.25) is 0 Å². The molecule has 3 rings (SSSR count). The van der Waals surface area contributed by atoms with Crippen LogP contribution in [0.15, 0.2) is 49.1 Å². The van der Waals surface area contributed by atoms with Gasteiger partial charge in [-0.1, -0.05) is 0 Å². The average molecular weight is 325 g/mol. The number of methoxy groups -OCH3 is 1. The molecule has 1 amide bonds. The second-order valence-electron chi connectivity index (χ2n) is 5.28. The fourth-order valence-electron chi connectivity index (χ4n) is 2.54. The number of ether oxygens (including phenoxy) is 1. The Kier molecular flexibility index (Phi) is 4.60. The highest BCUT2D eigenvalue weighted by molar-refractivity contribution is 5.76. The van der Waals surface area contributed by atoms with E-state index in [0.717, 1.165) is 22.7 Å². The van der Waals surface area contributed by atoms with E-state index in [4.69, 9.17) is 4.74 Å². The van der Waals surface area contributed by atoms with Crippen molar-refractivity contribution < 1.29 is 9.53 Å². The molecule has 0 aliphatic rings. The van der Waals surface area contributed by atoms with Gasteiger partial charge in [-0.3, -0.25) is 9.48 Å². The number of amides is 1. The van der Waals surface area contributed by atoms with Gasteiger partial charge in [-0.05, 0) is 24.3 Å². The lowest BCUT2D eigenvalue weighted by Crippen LogP contribution is -2.23. The van der Waals surface area contributed by atoms with Crippen LogP contribution in [0.5, 0.6) is 5.75 Å². The maximum Gasteiger partial charge on any atom is 0.239 e. The van der Waals surface area contributed by atoms with E-state index in [-0.39, 0.29) is 12.5 Å². The number of aromatic nitrogens is 4. The molecule has 0 aliphatic heterocycles. The van der Waals surface area contributed by atoms with Crippen molar-refractivity contribution >= 4 is 5.91 Å². The van der Waals surface area contributed by atoms with Crippen LogP contribution in [0, 0.1) is 0 Å². The summed E-state index contributed by atoms with van der Waals surface area (Å²) in [6, 6.07) is 7.75. The van der Waals surface area contributed by atoms with Crippen LogP contribution in [-0.2, 0) is 17.9 Å². The highest BCUT2D eigenvalue weighted by atomic mass is 16.5. The fourth-order valence-corrected chi connectivity index (χ4v) is 2.54. The van der Waals surface area contributed by atoms with E-state index in [1.165, 1.54) is 0 Å². The molecule has 24 heavy (non-hydrogen) atoms. The average Bonchev–Trinajstić information content (AvgIpc) is 3.26. The minimum absolute atomic E-state index is 0.0699. The highest BCUT2D eigenvalue weighted by Gasteiger charge is 2.12. The first kappa shape index (κ1) is 15.8. The number of hydrogen-bond acceptors (Lipinski definition) is 4. The third kappa shape index (κ3) is 3.29. The summed E-state index contributed by atoms with van der Waals surface area (Å²) < 4.78 is 9.10. The Bertz CT molecular complexity index is 823. The van der Waals surface area contributed by atoms with Gasteiger partial charge in [0.2, 0.25) is 5.91 Å². The van der Waals surface area contributed by atoms with Crippen molar-refractivity contribution in [1.29, 1.82) is 0 Å². The first-order valence-electron chi connectivity index (χ1n) is 7.57. The Hall–Kier alpha value is -3.09. The van der Waals surface area contributed by atoms with E-state index >= 15 is 0 Å². The summed E-state index contributed by atoms with van der Waals surface area (Å²) >= 11 is 0. The second kappa shape index (κ2) is 6.99. The van der Waals surface area contributed by atoms with Gasteiger partial charge in [0.15, 0.2) is 0 Å². The van der Waals surface area contributed by atoms with E-state index in [1.54, 1.807) is 32.7 Å². The molecule has 0 bridgehead atoms. The summed E-state index contributed by atoms with van der Waals surface area (Å²) in [7, 11) is 3.27. The van der Waals surface area contributed by atoms with Gasteiger partial charge in [0.1, 0.15) is 18.1 Å². The van der Waals surface area contributed by atoms with Gasteiger partial charge in [-0.15, -0.1) is 0 Å². The molecule has 0 spiro atoms. The van der Waals surface area contributed by atoms with Crippen molar-refractivity contribution in [2.24, 2.45) is 0 Å². The quantitative estimate of drug-likeness (QED) is 0.746. The Morgan fingerprint density at radius 3 is 2.88 bits per heavy atom. The number of hydrogen-bond donors (Lipinski definition) is 1. The maximum atomic E-state index is 11.7. The lowest BCUT2D eigenvalue weighted by molar-refractivity contribution is -0.121. The molecule has 7 heteroatoms. The van der Waals surface area contributed by atoms with Crippen LogP contribution in [0.25, 0.3) is 11.4 Å². The Balaban J connectivity index is 1.94. The topological polar surface area (TPSA) is 74.0 Å². The van der Waals surface area contributed by atoms with Crippen LogP contribution in [0.1, 0.15) is 5.56 Å². The van der Waals surface area contributed by atoms with Gasteiger partial charge in [-0.25, -0.2) is 4.98 Å². The zero-order chi connectivity index (χ0) is 16.9. The van der Waals surface area contributed by atoms with Crippen molar-refractivity contribution in [2.75, 3.05) is 14.2 Å². The van der Waals surface area contributed by atoms with E-state index in [1.807, 2.05) is 39.7 Å². The lowest BCUT2D eigenvalue weighted by Gasteiger charge is -2.12. The first-order valence-corrected chi connectivity index (χ1v) is 7.57. The zero-order valence-electron chi connectivity index (χ0n) is 13.6. The van der Waals surface area contributed by atoms with Crippen molar-refractivity contribution in [3.63, 3.8) is 0 Å². The standard InChI is InChI=1S/C17H19N5O2/c1-18-16(23)12-21-9-7-19-17(21)13-4-5-15(24-2)14(10-13)11-22-8-3-6-20-22/h3-10H,11-12H2,1-2H3,(H,18,23). The largest absolute Gasteiger partial charge is 0.496 e. The Labute approximate surface area is 139 Å². The number of carbonyl (C=O) groups is 1. The third-order valence-electron chi connectivity index (χ3n) is 3.74. The van der Waals surface area contributed by atoms with Crippen LogP contribution in [0.3, 0.4) is 0 Å². The number of imidazole rings is 1. The number of nitrogens with zero attached hydrogens (tertiary/aromatic N) is 4. The fraction of sp³-hybridized carbons (Fsp3) is 0.235. The van der Waals surface area contributed by atoms with Crippen LogP contribution >= 0.6 is 0 Å². The summed E-state index contributed by atoms with van der Waals surface area (Å²) in [5, 5.41) is 6.86. The zero-order valence-corrected chi connectivity index (χ0v) is 13.6. The second-order valence-corrected chi connectivity index (χ2v) is 5.28. The molecular formula is C17H19N5O2. The van der Waals surface area contributed by atoms with Gasteiger partial charge in [-0.2, -0.15) is 5.10 Å². The number of rotatable bonds is 6. The third-order valence-corrected chi connectivity index (χ3v) is 3.74. The molecule has 3 aromatic rings. The lowest BCUT2D eigenvalue weighted by atomic mass is 10.1. The number of likely N-dealkylation sites (N-methyl/N-ethyl adjacent to an activating group) is 1.